The molecule has 140 heavy (non-hydrogen) atoms. The van der Waals surface area contributed by atoms with E-state index in [4.69, 9.17) is 81.7 Å². The van der Waals surface area contributed by atoms with Gasteiger partial charge < -0.3 is 100 Å². The number of halogens is 8. The SMILES string of the molecule is COC(=O)[C@@H]1Cc2c(ccc(OC)c2O)CN1c1nc2ccc(F)cc2o1.COC(=O)[C@@H]1Cc2c(ccc(OC)c2OCc2ccccc2)CN1.COC(=O)[C@@H]1Cc2c(ccc(OC)c2OCc2ccccc2)CN1c1nc2ccc(F)cc2o1.COc1ccc2c(c1OCc1ccc(F)cc1)C[C@@H](C(=O)O)N(c1nc3ccc(F)cc3o1)C2.Cl.Fc1ccc2nc(Cl)oc2c1.OCc1ccc(F)cc1. The number of carboxylic acids is 1. The molecule has 4 atom stereocenters. The maximum atomic E-state index is 13.7. The number of phenolic OH excluding ortho intramolecular Hbond substituents is 1. The smallest absolute Gasteiger partial charge is 0.329 e. The van der Waals surface area contributed by atoms with Crippen molar-refractivity contribution in [1.29, 1.82) is 0 Å². The molecule has 12 aromatic carbocycles. The van der Waals surface area contributed by atoms with Gasteiger partial charge >= 0.3 is 23.9 Å². The maximum Gasteiger partial charge on any atom is 0.329 e. The van der Waals surface area contributed by atoms with Crippen LogP contribution in [0.1, 0.15) is 66.8 Å². The summed E-state index contributed by atoms with van der Waals surface area (Å²) >= 11 is 5.44. The number of carbonyl (C=O) groups is 4. The fourth-order valence-corrected chi connectivity index (χ4v) is 16.2. The van der Waals surface area contributed by atoms with Gasteiger partial charge in [0.25, 0.3) is 23.4 Å². The van der Waals surface area contributed by atoms with E-state index in [-0.39, 0.29) is 121 Å². The Bertz CT molecular complexity index is 7070. The van der Waals surface area contributed by atoms with Crippen molar-refractivity contribution in [2.24, 2.45) is 0 Å². The van der Waals surface area contributed by atoms with Crippen LogP contribution < -0.4 is 53.2 Å². The van der Waals surface area contributed by atoms with E-state index in [1.54, 1.807) is 71.4 Å². The number of nitrogens with one attached hydrogen (secondary N) is 1. The Balaban J connectivity index is 0.000000140. The van der Waals surface area contributed by atoms with Crippen LogP contribution in [-0.4, -0.2) is 133 Å². The summed E-state index contributed by atoms with van der Waals surface area (Å²) in [4.78, 5) is 71.2. The normalized spacial score (nSPS) is 14.8. The molecule has 37 heteroatoms. The minimum absolute atomic E-state index is 0. The number of aromatic nitrogens is 4. The van der Waals surface area contributed by atoms with Crippen LogP contribution in [0.5, 0.6) is 46.0 Å². The van der Waals surface area contributed by atoms with Crippen molar-refractivity contribution < 1.29 is 126 Å². The Kier molecular flexibility index (Phi) is 32.9. The third kappa shape index (κ3) is 23.6. The number of methoxy groups -OCH3 is 7. The molecule has 726 valence electrons. The van der Waals surface area contributed by atoms with E-state index in [1.807, 2.05) is 97.1 Å². The van der Waals surface area contributed by atoms with Crippen molar-refractivity contribution in [2.45, 2.75) is 102 Å². The van der Waals surface area contributed by atoms with Crippen LogP contribution in [0.2, 0.25) is 5.35 Å². The predicted octanol–water partition coefficient (Wildman–Crippen LogP) is 19.0. The molecule has 0 spiro atoms. The first kappa shape index (κ1) is 100. The largest absolute Gasteiger partial charge is 0.504 e. The first-order valence-electron chi connectivity index (χ1n) is 43.2. The average molecular weight is 1960 g/mol. The molecule has 29 nitrogen and oxygen atoms in total. The monoisotopic (exact) mass is 1960 g/mol. The van der Waals surface area contributed by atoms with Gasteiger partial charge in [-0.25, -0.2) is 40.7 Å². The molecular weight excluding hydrogens is 1870 g/mol. The third-order valence-corrected chi connectivity index (χ3v) is 23.3. The highest BCUT2D eigenvalue weighted by Gasteiger charge is 2.41. The molecule has 0 bridgehead atoms. The van der Waals surface area contributed by atoms with Gasteiger partial charge in [-0.1, -0.05) is 109 Å². The molecule has 0 amide bonds. The second-order valence-corrected chi connectivity index (χ2v) is 32.0. The number of hydrogen-bond donors (Lipinski definition) is 4. The second kappa shape index (κ2) is 46.0. The number of ether oxygens (including phenoxy) is 10. The Morgan fingerprint density at radius 1 is 0.386 bits per heavy atom. The summed E-state index contributed by atoms with van der Waals surface area (Å²) in [5, 5.41) is 32.2. The number of aliphatic carboxylic acids is 1. The van der Waals surface area contributed by atoms with Crippen molar-refractivity contribution in [3.63, 3.8) is 0 Å². The lowest BCUT2D eigenvalue weighted by molar-refractivity contribution is -0.143. The van der Waals surface area contributed by atoms with E-state index < -0.39 is 53.5 Å². The van der Waals surface area contributed by atoms with Gasteiger partial charge in [-0.15, -0.1) is 12.4 Å². The number of fused-ring (bicyclic) bond motifs is 8. The number of carboxylic acid groups (broad SMARTS) is 1. The minimum Gasteiger partial charge on any atom is -0.504 e. The maximum absolute atomic E-state index is 13.7. The summed E-state index contributed by atoms with van der Waals surface area (Å²) < 4.78 is 155. The van der Waals surface area contributed by atoms with Crippen LogP contribution in [-0.2, 0) is 112 Å². The topological polar surface area (TPSA) is 347 Å². The van der Waals surface area contributed by atoms with Gasteiger partial charge in [0.2, 0.25) is 0 Å². The standard InChI is InChI=1S/C26H23FN2O5.C25H20F2N2O5.C19H17FN2O5.C19H21NO4.C7H3ClFNO.C7H7FO.ClH/c1-31-22-11-8-17-14-29(26-28-20-10-9-18(27)12-23(20)34-26)21(25(30)32-2)13-19(17)24(22)33-15-16-6-4-3-5-7-16;1-32-21-9-4-15-12-29(25-28-19-8-7-17(27)10-22(19)34-25)20(24(30)31)11-18(15)23(21)33-13-14-2-5-16(26)6-3-14;1-25-15-6-3-10-9-22(14(18(24)26-2)8-12(10)17(15)23)19-21-13-5-4-11(20)7-16(13)27-19;1-22-17-9-8-14-11-20-16(19(21)23-2)10-15(14)18(17)24-12-13-6-4-3-5-7-13;8-7-10-5-2-1-4(9)3-6(5)11-7;8-7-3-1-6(5-9)2-4-7;/h3-12,21H,13-15H2,1-2H3;2-10,20H,11-13H2,1H3,(H,30,31);3-7,14,23H,8-9H2,1-2H3;3-9,16,20H,10-12H2,1-2H3;1-3H;1-4,9H,5H2;1H/t21-;20-;14-;16-;;;/m0000.../s1. The number of rotatable bonds is 21. The highest BCUT2D eigenvalue weighted by atomic mass is 35.5. The molecule has 8 heterocycles. The molecule has 0 radical (unpaired) electrons. The van der Waals surface area contributed by atoms with Crippen LogP contribution in [0.4, 0.5) is 44.4 Å². The molecule has 4 N–H and O–H groups in total. The number of phenols is 1. The van der Waals surface area contributed by atoms with E-state index in [1.165, 1.54) is 127 Å². The van der Waals surface area contributed by atoms with Crippen molar-refractivity contribution in [1.82, 2.24) is 25.3 Å². The molecule has 16 aromatic rings. The van der Waals surface area contributed by atoms with Gasteiger partial charge in [-0.3, -0.25) is 4.79 Å². The summed E-state index contributed by atoms with van der Waals surface area (Å²) in [6.07, 6.45) is 1.12. The number of esters is 3. The lowest BCUT2D eigenvalue weighted by atomic mass is 9.92. The Labute approximate surface area is 807 Å². The van der Waals surface area contributed by atoms with Crippen LogP contribution in [0.15, 0.2) is 248 Å². The molecule has 4 aliphatic rings. The van der Waals surface area contributed by atoms with Gasteiger partial charge in [-0.2, -0.15) is 19.9 Å². The van der Waals surface area contributed by atoms with Crippen molar-refractivity contribution in [3.05, 3.63) is 338 Å². The fourth-order valence-electron chi connectivity index (χ4n) is 16.0. The molecule has 0 aliphatic carbocycles. The third-order valence-electron chi connectivity index (χ3n) is 23.1. The quantitative estimate of drug-likeness (QED) is 0.0295. The van der Waals surface area contributed by atoms with Crippen LogP contribution >= 0.6 is 24.0 Å². The molecule has 20 rings (SSSR count). The van der Waals surface area contributed by atoms with Crippen LogP contribution in [0.25, 0.3) is 44.4 Å². The predicted molar refractivity (Wildman–Crippen MR) is 505 cm³/mol. The van der Waals surface area contributed by atoms with Gasteiger partial charge in [-0.05, 0) is 153 Å². The van der Waals surface area contributed by atoms with Crippen molar-refractivity contribution in [3.8, 4) is 46.0 Å². The van der Waals surface area contributed by atoms with Crippen molar-refractivity contribution in [2.75, 3.05) is 64.5 Å². The summed E-state index contributed by atoms with van der Waals surface area (Å²) in [6, 6.07) is 60.1. The molecule has 0 saturated carbocycles. The Morgan fingerprint density at radius 2 is 0.714 bits per heavy atom. The fraction of sp³-hybridized carbons (Fsp3) is 0.223. The molecule has 0 fully saturated rings. The number of nitrogens with zero attached hydrogens (tertiary/aromatic N) is 7. The van der Waals surface area contributed by atoms with Gasteiger partial charge in [0, 0.05) is 98.4 Å². The highest BCUT2D eigenvalue weighted by molar-refractivity contribution is 6.28. The zero-order chi connectivity index (χ0) is 98.1. The van der Waals surface area contributed by atoms with E-state index in [0.29, 0.717) is 124 Å². The molecule has 0 saturated heterocycles. The summed E-state index contributed by atoms with van der Waals surface area (Å²) in [7, 11) is 10.2. The summed E-state index contributed by atoms with van der Waals surface area (Å²) in [6.45, 7) is 2.32. The lowest BCUT2D eigenvalue weighted by Gasteiger charge is -2.35. The van der Waals surface area contributed by atoms with E-state index in [0.717, 1.165) is 55.6 Å². The van der Waals surface area contributed by atoms with Gasteiger partial charge in [0.1, 0.15) is 101 Å². The first-order chi connectivity index (χ1) is 67.3. The summed E-state index contributed by atoms with van der Waals surface area (Å²) in [5.41, 5.74) is 13.6. The number of hydrogen-bond acceptors (Lipinski definition) is 28. The summed E-state index contributed by atoms with van der Waals surface area (Å²) in [5.74, 6) is -0.739. The highest BCUT2D eigenvalue weighted by Crippen LogP contribution is 2.45. The van der Waals surface area contributed by atoms with Crippen molar-refractivity contribution >= 4 is 110 Å². The van der Waals surface area contributed by atoms with E-state index in [9.17, 15) is 55.7 Å². The van der Waals surface area contributed by atoms with E-state index in [2.05, 4.69) is 25.3 Å². The molecule has 4 aromatic heterocycles. The number of oxazole rings is 4. The number of aliphatic hydroxyl groups excluding tert-OH is 1. The number of anilines is 3. The average Bonchev–Trinajstić information content (AvgIpc) is 1.41. The number of carbonyl (C=O) groups excluding carboxylic acids is 3. The second-order valence-electron chi connectivity index (χ2n) is 31.7. The van der Waals surface area contributed by atoms with E-state index >= 15 is 0 Å². The molecule has 4 aliphatic heterocycles. The minimum atomic E-state index is -1.06. The molecular formula is C103H92Cl2F6N8O21. The zero-order valence-electron chi connectivity index (χ0n) is 76.1. The first-order valence-corrected chi connectivity index (χ1v) is 43.6. The molecule has 0 unspecified atom stereocenters. The zero-order valence-corrected chi connectivity index (χ0v) is 77.7. The Hall–Kier alpha value is -15.7. The van der Waals surface area contributed by atoms with Gasteiger partial charge in [0.05, 0.1) is 56.4 Å². The number of aliphatic hydroxyl groups is 1. The number of benzene rings is 12. The lowest BCUT2D eigenvalue weighted by Crippen LogP contribution is -2.46. The number of aromatic hydroxyl groups is 1. The van der Waals surface area contributed by atoms with Gasteiger partial charge in [0.15, 0.2) is 68.3 Å². The van der Waals surface area contributed by atoms with Crippen LogP contribution in [0.3, 0.4) is 0 Å². The van der Waals surface area contributed by atoms with Crippen LogP contribution in [0, 0.1) is 34.9 Å². The Morgan fingerprint density at radius 3 is 1.10 bits per heavy atom.